The number of benzene rings is 1. The summed E-state index contributed by atoms with van der Waals surface area (Å²) in [6.45, 7) is 6.13. The lowest BCUT2D eigenvalue weighted by molar-refractivity contribution is -0.141. The van der Waals surface area contributed by atoms with E-state index in [0.717, 1.165) is 0 Å². The van der Waals surface area contributed by atoms with E-state index < -0.39 is 12.0 Å². The maximum absolute atomic E-state index is 11.9. The Morgan fingerprint density at radius 1 is 1.23 bits per heavy atom. The van der Waals surface area contributed by atoms with E-state index in [1.165, 1.54) is 6.92 Å². The van der Waals surface area contributed by atoms with Crippen molar-refractivity contribution in [2.75, 3.05) is 13.2 Å². The van der Waals surface area contributed by atoms with Crippen LogP contribution >= 0.6 is 15.9 Å². The fourth-order valence-electron chi connectivity index (χ4n) is 1.78. The van der Waals surface area contributed by atoms with Gasteiger partial charge in [-0.25, -0.2) is 0 Å². The minimum Gasteiger partial charge on any atom is -0.490 e. The molecule has 0 spiro atoms. The quantitative estimate of drug-likeness (QED) is 0.730. The van der Waals surface area contributed by atoms with E-state index in [1.54, 1.807) is 12.1 Å². The van der Waals surface area contributed by atoms with E-state index in [4.69, 9.17) is 14.6 Å². The van der Waals surface area contributed by atoms with Crippen molar-refractivity contribution < 1.29 is 24.2 Å². The smallest absolute Gasteiger partial charge is 0.325 e. The third-order valence-corrected chi connectivity index (χ3v) is 3.55. The number of rotatable bonds is 8. The van der Waals surface area contributed by atoms with Gasteiger partial charge in [0.2, 0.25) is 5.91 Å². The summed E-state index contributed by atoms with van der Waals surface area (Å²) in [5.41, 5.74) is 0.696. The largest absolute Gasteiger partial charge is 0.490 e. The molecular weight excluding hydrogens is 354 g/mol. The van der Waals surface area contributed by atoms with Gasteiger partial charge in [0.05, 0.1) is 19.6 Å². The molecule has 1 aromatic carbocycles. The van der Waals surface area contributed by atoms with E-state index in [1.807, 2.05) is 13.8 Å². The first-order chi connectivity index (χ1) is 10.4. The standard InChI is InChI=1S/C15H20BrNO5/c1-4-21-12-6-10(11(16)8-13(12)22-5-2)7-14(18)17-9(3)15(19)20/h6,8-9H,4-5,7H2,1-3H3,(H,17,18)(H,19,20). The predicted octanol–water partition coefficient (Wildman–Crippen LogP) is 2.38. The maximum Gasteiger partial charge on any atom is 0.325 e. The molecule has 0 saturated carbocycles. The van der Waals surface area contributed by atoms with Crippen molar-refractivity contribution in [1.29, 1.82) is 0 Å². The third kappa shape index (κ3) is 5.22. The van der Waals surface area contributed by atoms with Crippen molar-refractivity contribution in [3.05, 3.63) is 22.2 Å². The Labute approximate surface area is 137 Å². The highest BCUT2D eigenvalue weighted by Gasteiger charge is 2.17. The molecule has 2 N–H and O–H groups in total. The fourth-order valence-corrected chi connectivity index (χ4v) is 2.24. The molecule has 6 nitrogen and oxygen atoms in total. The average molecular weight is 374 g/mol. The van der Waals surface area contributed by atoms with E-state index in [-0.39, 0.29) is 12.3 Å². The average Bonchev–Trinajstić information content (AvgIpc) is 2.44. The molecule has 0 fully saturated rings. The molecule has 7 heteroatoms. The number of aliphatic carboxylic acids is 1. The van der Waals surface area contributed by atoms with Crippen LogP contribution in [0, 0.1) is 0 Å². The van der Waals surface area contributed by atoms with Crippen molar-refractivity contribution in [1.82, 2.24) is 5.32 Å². The molecule has 0 bridgehead atoms. The summed E-state index contributed by atoms with van der Waals surface area (Å²) in [6.07, 6.45) is 0.0463. The number of carboxylic acid groups (broad SMARTS) is 1. The third-order valence-electron chi connectivity index (χ3n) is 2.81. The molecule has 0 aliphatic heterocycles. The lowest BCUT2D eigenvalue weighted by Gasteiger charge is -2.15. The zero-order chi connectivity index (χ0) is 16.7. The highest BCUT2D eigenvalue weighted by Crippen LogP contribution is 2.34. The molecule has 1 rings (SSSR count). The van der Waals surface area contributed by atoms with Crippen LogP contribution in [-0.4, -0.2) is 36.2 Å². The summed E-state index contributed by atoms with van der Waals surface area (Å²) in [5, 5.41) is 11.2. The maximum atomic E-state index is 11.9. The van der Waals surface area contributed by atoms with Gasteiger partial charge >= 0.3 is 5.97 Å². The molecule has 0 aliphatic carbocycles. The first-order valence-corrected chi connectivity index (χ1v) is 7.78. The number of halogens is 1. The summed E-state index contributed by atoms with van der Waals surface area (Å²) in [6, 6.07) is 2.54. The zero-order valence-electron chi connectivity index (χ0n) is 12.8. The van der Waals surface area contributed by atoms with Gasteiger partial charge in [0, 0.05) is 4.47 Å². The first-order valence-electron chi connectivity index (χ1n) is 6.99. The second-order valence-electron chi connectivity index (χ2n) is 4.56. The molecule has 1 aromatic rings. The van der Waals surface area contributed by atoms with Gasteiger partial charge in [-0.3, -0.25) is 9.59 Å². The van der Waals surface area contributed by atoms with E-state index >= 15 is 0 Å². The van der Waals surface area contributed by atoms with Gasteiger partial charge in [-0.15, -0.1) is 0 Å². The summed E-state index contributed by atoms with van der Waals surface area (Å²) in [7, 11) is 0. The summed E-state index contributed by atoms with van der Waals surface area (Å²) in [4.78, 5) is 22.6. The van der Waals surface area contributed by atoms with E-state index in [9.17, 15) is 9.59 Å². The van der Waals surface area contributed by atoms with Crippen LogP contribution in [0.2, 0.25) is 0 Å². The molecule has 0 saturated heterocycles. The number of hydrogen-bond acceptors (Lipinski definition) is 4. The number of nitrogens with one attached hydrogen (secondary N) is 1. The van der Waals surface area contributed by atoms with E-state index in [0.29, 0.717) is 34.7 Å². The number of carbonyl (C=O) groups excluding carboxylic acids is 1. The Hall–Kier alpha value is -1.76. The van der Waals surface area contributed by atoms with Crippen molar-refractivity contribution in [2.45, 2.75) is 33.2 Å². The van der Waals surface area contributed by atoms with Crippen LogP contribution in [0.15, 0.2) is 16.6 Å². The van der Waals surface area contributed by atoms with Gasteiger partial charge in [-0.1, -0.05) is 15.9 Å². The molecule has 0 aromatic heterocycles. The van der Waals surface area contributed by atoms with Crippen molar-refractivity contribution in [2.24, 2.45) is 0 Å². The number of ether oxygens (including phenoxy) is 2. The predicted molar refractivity (Wildman–Crippen MR) is 85.4 cm³/mol. The summed E-state index contributed by atoms with van der Waals surface area (Å²) < 4.78 is 11.7. The molecule has 122 valence electrons. The minimum atomic E-state index is -1.07. The minimum absolute atomic E-state index is 0.0463. The highest BCUT2D eigenvalue weighted by molar-refractivity contribution is 9.10. The van der Waals surface area contributed by atoms with Gasteiger partial charge in [0.15, 0.2) is 11.5 Å². The number of amides is 1. The van der Waals surface area contributed by atoms with Gasteiger partial charge in [0.1, 0.15) is 6.04 Å². The lowest BCUT2D eigenvalue weighted by Crippen LogP contribution is -2.39. The van der Waals surface area contributed by atoms with Crippen LogP contribution in [0.1, 0.15) is 26.3 Å². The van der Waals surface area contributed by atoms with Crippen LogP contribution in [-0.2, 0) is 16.0 Å². The van der Waals surface area contributed by atoms with Gasteiger partial charge in [-0.2, -0.15) is 0 Å². The Kier molecular flexibility index (Phi) is 7.17. The van der Waals surface area contributed by atoms with Gasteiger partial charge in [0.25, 0.3) is 0 Å². The SMILES string of the molecule is CCOc1cc(Br)c(CC(=O)NC(C)C(=O)O)cc1OCC. The van der Waals surface area contributed by atoms with Gasteiger partial charge in [-0.05, 0) is 38.5 Å². The first kappa shape index (κ1) is 18.3. The van der Waals surface area contributed by atoms with Crippen LogP contribution < -0.4 is 14.8 Å². The Balaban J connectivity index is 2.92. The van der Waals surface area contributed by atoms with Crippen molar-refractivity contribution in [3.63, 3.8) is 0 Å². The summed E-state index contributed by atoms with van der Waals surface area (Å²) >= 11 is 3.39. The molecule has 1 atom stereocenters. The van der Waals surface area contributed by atoms with Crippen LogP contribution in [0.3, 0.4) is 0 Å². The molecule has 1 amide bonds. The summed E-state index contributed by atoms with van der Waals surface area (Å²) in [5.74, 6) is -0.294. The number of hydrogen-bond donors (Lipinski definition) is 2. The van der Waals surface area contributed by atoms with E-state index in [2.05, 4.69) is 21.2 Å². The zero-order valence-corrected chi connectivity index (χ0v) is 14.4. The van der Waals surface area contributed by atoms with Gasteiger partial charge < -0.3 is 19.9 Å². The second kappa shape index (κ2) is 8.63. The molecule has 0 radical (unpaired) electrons. The monoisotopic (exact) mass is 373 g/mol. The molecule has 1 unspecified atom stereocenters. The van der Waals surface area contributed by atoms with Crippen LogP contribution in [0.5, 0.6) is 11.5 Å². The Bertz CT molecular complexity index is 547. The fraction of sp³-hybridized carbons (Fsp3) is 0.467. The molecule has 0 aliphatic rings. The van der Waals surface area contributed by atoms with Crippen molar-refractivity contribution >= 4 is 27.8 Å². The normalized spacial score (nSPS) is 11.6. The molecule has 0 heterocycles. The molecule has 22 heavy (non-hydrogen) atoms. The van der Waals surface area contributed by atoms with Crippen LogP contribution in [0.4, 0.5) is 0 Å². The number of carbonyl (C=O) groups is 2. The van der Waals surface area contributed by atoms with Crippen molar-refractivity contribution in [3.8, 4) is 11.5 Å². The second-order valence-corrected chi connectivity index (χ2v) is 5.41. The lowest BCUT2D eigenvalue weighted by atomic mass is 10.1. The van der Waals surface area contributed by atoms with Crippen LogP contribution in [0.25, 0.3) is 0 Å². The number of carboxylic acids is 1. The highest BCUT2D eigenvalue weighted by atomic mass is 79.9. The Morgan fingerprint density at radius 3 is 2.27 bits per heavy atom. The Morgan fingerprint density at radius 2 is 1.77 bits per heavy atom. The molecular formula is C15H20BrNO5. The topological polar surface area (TPSA) is 84.9 Å².